The molecule has 4 rings (SSSR count). The maximum atomic E-state index is 12.4. The first kappa shape index (κ1) is 28.7. The average molecular weight is 564 g/mol. The quantitative estimate of drug-likeness (QED) is 0.108. The molecule has 206 valence electrons. The van der Waals surface area contributed by atoms with Crippen LogP contribution in [-0.2, 0) is 9.53 Å². The summed E-state index contributed by atoms with van der Waals surface area (Å²) in [4.78, 5) is 12.4. The number of halogens is 1. The lowest BCUT2D eigenvalue weighted by Gasteiger charge is -2.58. The van der Waals surface area contributed by atoms with E-state index in [9.17, 15) is 4.79 Å². The predicted octanol–water partition coefficient (Wildman–Crippen LogP) is 9.89. The Hall–Kier alpha value is -0.310. The molecule has 0 spiro atoms. The zero-order valence-corrected chi connectivity index (χ0v) is 25.7. The molecule has 4 aliphatic rings. The van der Waals surface area contributed by atoms with Gasteiger partial charge < -0.3 is 4.74 Å². The fourth-order valence-corrected chi connectivity index (χ4v) is 9.93. The van der Waals surface area contributed by atoms with Gasteiger partial charge >= 0.3 is 5.97 Å². The van der Waals surface area contributed by atoms with Gasteiger partial charge in [0.1, 0.15) is 6.10 Å². The highest BCUT2D eigenvalue weighted by atomic mass is 79.9. The molecule has 0 N–H and O–H groups in total. The third-order valence-corrected chi connectivity index (χ3v) is 12.1. The summed E-state index contributed by atoms with van der Waals surface area (Å²) >= 11 is 3.48. The average Bonchev–Trinajstić information content (AvgIpc) is 3.19. The molecule has 0 aromatic carbocycles. The molecule has 2 nitrogen and oxygen atoms in total. The second-order valence-electron chi connectivity index (χ2n) is 14.1. The molecular weight excluding hydrogens is 508 g/mol. The van der Waals surface area contributed by atoms with Crippen LogP contribution >= 0.6 is 15.9 Å². The fraction of sp³-hybridized carbons (Fsp3) is 0.909. The Kier molecular flexibility index (Phi) is 9.76. The number of esters is 1. The normalized spacial score (nSPS) is 38.6. The summed E-state index contributed by atoms with van der Waals surface area (Å²) in [6.07, 6.45) is 21.1. The smallest absolute Gasteiger partial charge is 0.306 e. The van der Waals surface area contributed by atoms with Crippen molar-refractivity contribution in [1.29, 1.82) is 0 Å². The zero-order chi connectivity index (χ0) is 25.9. The van der Waals surface area contributed by atoms with Gasteiger partial charge in [0.2, 0.25) is 0 Å². The van der Waals surface area contributed by atoms with Crippen LogP contribution in [-0.4, -0.2) is 17.4 Å². The highest BCUT2D eigenvalue weighted by molar-refractivity contribution is 9.09. The number of hydrogen-bond acceptors (Lipinski definition) is 2. The highest BCUT2D eigenvalue weighted by Crippen LogP contribution is 2.67. The summed E-state index contributed by atoms with van der Waals surface area (Å²) in [5.41, 5.74) is 2.53. The van der Waals surface area contributed by atoms with Gasteiger partial charge in [0.25, 0.3) is 0 Å². The Balaban J connectivity index is 1.36. The van der Waals surface area contributed by atoms with E-state index in [4.69, 9.17) is 4.74 Å². The number of fused-ring (bicyclic) bond motifs is 5. The van der Waals surface area contributed by atoms with Crippen molar-refractivity contribution in [2.24, 2.45) is 46.3 Å². The van der Waals surface area contributed by atoms with Crippen molar-refractivity contribution >= 4 is 21.9 Å². The first-order valence-corrected chi connectivity index (χ1v) is 16.8. The van der Waals surface area contributed by atoms with E-state index < -0.39 is 0 Å². The number of hydrogen-bond donors (Lipinski definition) is 0. The molecule has 0 amide bonds. The molecule has 0 aliphatic heterocycles. The number of allylic oxidation sites excluding steroid dienone is 1. The van der Waals surface area contributed by atoms with Crippen LogP contribution in [0.25, 0.3) is 0 Å². The van der Waals surface area contributed by atoms with Crippen LogP contribution in [0.3, 0.4) is 0 Å². The summed E-state index contributed by atoms with van der Waals surface area (Å²) < 4.78 is 5.98. The van der Waals surface area contributed by atoms with Gasteiger partial charge in [-0.3, -0.25) is 4.79 Å². The molecule has 3 unspecified atom stereocenters. The highest BCUT2D eigenvalue weighted by Gasteiger charge is 2.59. The van der Waals surface area contributed by atoms with Gasteiger partial charge in [0, 0.05) is 18.2 Å². The molecule has 0 heterocycles. The molecule has 3 heteroatoms. The number of ether oxygens (including phenoxy) is 1. The first-order valence-electron chi connectivity index (χ1n) is 15.6. The Morgan fingerprint density at radius 1 is 1.00 bits per heavy atom. The molecule has 0 aromatic heterocycles. The van der Waals surface area contributed by atoms with Crippen molar-refractivity contribution in [3.05, 3.63) is 11.6 Å². The van der Waals surface area contributed by atoms with E-state index in [-0.39, 0.29) is 12.1 Å². The lowest BCUT2D eigenvalue weighted by atomic mass is 9.47. The predicted molar refractivity (Wildman–Crippen MR) is 155 cm³/mol. The van der Waals surface area contributed by atoms with Gasteiger partial charge in [0.05, 0.1) is 0 Å². The minimum absolute atomic E-state index is 0.0282. The monoisotopic (exact) mass is 562 g/mol. The van der Waals surface area contributed by atoms with Gasteiger partial charge in [-0.05, 0) is 104 Å². The number of unbranched alkanes of at least 4 members (excludes halogenated alkanes) is 2. The molecule has 0 aromatic rings. The van der Waals surface area contributed by atoms with Crippen molar-refractivity contribution in [1.82, 2.24) is 0 Å². The van der Waals surface area contributed by atoms with E-state index >= 15 is 0 Å². The van der Waals surface area contributed by atoms with Gasteiger partial charge in [-0.25, -0.2) is 0 Å². The van der Waals surface area contributed by atoms with E-state index in [0.717, 1.165) is 72.9 Å². The van der Waals surface area contributed by atoms with Crippen LogP contribution < -0.4 is 0 Å². The van der Waals surface area contributed by atoms with Gasteiger partial charge in [-0.1, -0.05) is 87.9 Å². The van der Waals surface area contributed by atoms with Crippen LogP contribution in [0.1, 0.15) is 131 Å². The standard InChI is InChI=1S/C33H55BrO2/c1-23(2)10-9-11-24(3)28-15-16-29-27-14-13-25-22-26(36-31(35)12-7-6-8-21-34)17-19-32(25,4)30(27)18-20-33(28,29)5/h13,23-24,26-30H,6-12,14-22H2,1-5H3/t24-,26+,27+,28?,29?,30?,32+,33-/m1/s1. The molecule has 36 heavy (non-hydrogen) atoms. The number of carbonyl (C=O) groups excluding carboxylic acids is 1. The summed E-state index contributed by atoms with van der Waals surface area (Å²) in [6, 6.07) is 0. The lowest BCUT2D eigenvalue weighted by molar-refractivity contribution is -0.151. The second-order valence-corrected chi connectivity index (χ2v) is 14.9. The summed E-state index contributed by atoms with van der Waals surface area (Å²) in [5, 5.41) is 1.03. The van der Waals surface area contributed by atoms with Crippen molar-refractivity contribution in [2.75, 3.05) is 5.33 Å². The molecule has 4 aliphatic carbocycles. The summed E-state index contributed by atoms with van der Waals surface area (Å²) in [6.45, 7) is 12.6. The Morgan fingerprint density at radius 2 is 1.81 bits per heavy atom. The minimum atomic E-state index is 0.0282. The van der Waals surface area contributed by atoms with E-state index in [1.807, 2.05) is 0 Å². The lowest BCUT2D eigenvalue weighted by Crippen LogP contribution is -2.51. The maximum Gasteiger partial charge on any atom is 0.306 e. The van der Waals surface area contributed by atoms with E-state index in [1.54, 1.807) is 5.57 Å². The second kappa shape index (κ2) is 12.3. The van der Waals surface area contributed by atoms with Crippen LogP contribution in [0.15, 0.2) is 11.6 Å². The van der Waals surface area contributed by atoms with Crippen molar-refractivity contribution in [2.45, 2.75) is 137 Å². The summed E-state index contributed by atoms with van der Waals surface area (Å²) in [7, 11) is 0. The Bertz CT molecular complexity index is 774. The van der Waals surface area contributed by atoms with Crippen molar-refractivity contribution in [3.8, 4) is 0 Å². The Labute approximate surface area is 231 Å². The van der Waals surface area contributed by atoms with E-state index in [2.05, 4.69) is 56.6 Å². The summed E-state index contributed by atoms with van der Waals surface area (Å²) in [5.74, 6) is 5.30. The first-order chi connectivity index (χ1) is 17.2. The molecule has 0 saturated heterocycles. The van der Waals surface area contributed by atoms with Gasteiger partial charge in [-0.15, -0.1) is 0 Å². The topological polar surface area (TPSA) is 26.3 Å². The number of carbonyl (C=O) groups is 1. The SMILES string of the molecule is CC(C)CCC[C@@H](C)C1CCC2[C@@H]3CC=C4C[C@@H](OC(=O)CCCCCBr)CC[C@]4(C)C3CC[C@@]21C. The number of alkyl halides is 1. The molecule has 0 radical (unpaired) electrons. The molecule has 8 atom stereocenters. The van der Waals surface area contributed by atoms with Crippen LogP contribution in [0, 0.1) is 46.3 Å². The zero-order valence-electron chi connectivity index (χ0n) is 24.1. The van der Waals surface area contributed by atoms with Crippen molar-refractivity contribution in [3.63, 3.8) is 0 Å². The molecule has 0 bridgehead atoms. The molecular formula is C33H55BrO2. The minimum Gasteiger partial charge on any atom is -0.462 e. The maximum absolute atomic E-state index is 12.4. The van der Waals surface area contributed by atoms with Crippen LogP contribution in [0.4, 0.5) is 0 Å². The van der Waals surface area contributed by atoms with Crippen LogP contribution in [0.5, 0.6) is 0 Å². The Morgan fingerprint density at radius 3 is 2.56 bits per heavy atom. The third-order valence-electron chi connectivity index (χ3n) is 11.6. The third kappa shape index (κ3) is 5.96. The van der Waals surface area contributed by atoms with E-state index in [0.29, 0.717) is 17.3 Å². The number of rotatable bonds is 11. The van der Waals surface area contributed by atoms with Crippen molar-refractivity contribution < 1.29 is 9.53 Å². The fourth-order valence-electron chi connectivity index (χ4n) is 9.54. The van der Waals surface area contributed by atoms with Gasteiger partial charge in [-0.2, -0.15) is 0 Å². The van der Waals surface area contributed by atoms with E-state index in [1.165, 1.54) is 57.8 Å². The van der Waals surface area contributed by atoms with Crippen LogP contribution in [0.2, 0.25) is 0 Å². The van der Waals surface area contributed by atoms with Gasteiger partial charge in [0.15, 0.2) is 0 Å². The molecule has 3 saturated carbocycles. The largest absolute Gasteiger partial charge is 0.462 e. The molecule has 3 fully saturated rings.